The number of hydrogen-bond acceptors (Lipinski definition) is 5. The van der Waals surface area contributed by atoms with Gasteiger partial charge in [-0.3, -0.25) is 0 Å². The summed E-state index contributed by atoms with van der Waals surface area (Å²) < 4.78 is 39.3. The molecule has 21 heavy (non-hydrogen) atoms. The van der Waals surface area contributed by atoms with Gasteiger partial charge >= 0.3 is 6.18 Å². The van der Waals surface area contributed by atoms with Crippen molar-refractivity contribution in [1.29, 1.82) is 0 Å². The van der Waals surface area contributed by atoms with Crippen LogP contribution in [0.25, 0.3) is 0 Å². The van der Waals surface area contributed by atoms with Crippen LogP contribution in [0.2, 0.25) is 5.15 Å². The van der Waals surface area contributed by atoms with Crippen molar-refractivity contribution in [2.24, 2.45) is 0 Å². The number of aromatic nitrogens is 4. The molecule has 2 N–H and O–H groups in total. The molecule has 0 atom stereocenters. The van der Waals surface area contributed by atoms with Crippen molar-refractivity contribution < 1.29 is 13.2 Å². The molecule has 0 fully saturated rings. The monoisotopic (exact) mass is 318 g/mol. The average Bonchev–Trinajstić information content (AvgIpc) is 2.80. The lowest BCUT2D eigenvalue weighted by molar-refractivity contribution is -0.147. The molecule has 2 aromatic heterocycles. The van der Waals surface area contributed by atoms with E-state index in [1.807, 2.05) is 0 Å². The summed E-state index contributed by atoms with van der Waals surface area (Å²) >= 11 is 5.83. The Morgan fingerprint density at radius 1 is 1.19 bits per heavy atom. The number of alkyl halides is 3. The van der Waals surface area contributed by atoms with Gasteiger partial charge in [0.15, 0.2) is 5.82 Å². The summed E-state index contributed by atoms with van der Waals surface area (Å²) in [5.41, 5.74) is 6.13. The van der Waals surface area contributed by atoms with Crippen LogP contribution < -0.4 is 10.6 Å². The summed E-state index contributed by atoms with van der Waals surface area (Å²) in [7, 11) is 0. The predicted molar refractivity (Wildman–Crippen MR) is 69.7 cm³/mol. The van der Waals surface area contributed by atoms with Crippen molar-refractivity contribution >= 4 is 23.1 Å². The number of rotatable bonds is 1. The zero-order valence-corrected chi connectivity index (χ0v) is 11.4. The number of nitrogen functional groups attached to an aromatic ring is 1. The van der Waals surface area contributed by atoms with Crippen LogP contribution in [0.4, 0.5) is 24.7 Å². The highest BCUT2D eigenvalue weighted by Gasteiger charge is 2.39. The predicted octanol–water partition coefficient (Wildman–Crippen LogP) is 1.95. The van der Waals surface area contributed by atoms with E-state index in [2.05, 4.69) is 15.2 Å². The summed E-state index contributed by atoms with van der Waals surface area (Å²) in [5, 5.41) is 7.06. The number of nitrogens with two attached hydrogens (primary N) is 1. The largest absolute Gasteiger partial charge is 0.451 e. The molecule has 2 aromatic rings. The molecule has 0 spiro atoms. The normalized spacial score (nSPS) is 15.1. The van der Waals surface area contributed by atoms with E-state index in [4.69, 9.17) is 17.3 Å². The first-order valence-corrected chi connectivity index (χ1v) is 6.39. The average molecular weight is 319 g/mol. The molecule has 3 rings (SSSR count). The third-order valence-corrected chi connectivity index (χ3v) is 3.33. The number of fused-ring (bicyclic) bond motifs is 1. The molecule has 0 bridgehead atoms. The Morgan fingerprint density at radius 3 is 2.62 bits per heavy atom. The summed E-state index contributed by atoms with van der Waals surface area (Å²) in [5.74, 6) is -0.243. The van der Waals surface area contributed by atoms with Gasteiger partial charge in [0.2, 0.25) is 5.82 Å². The summed E-state index contributed by atoms with van der Waals surface area (Å²) in [4.78, 5) is 5.87. The van der Waals surface area contributed by atoms with E-state index < -0.39 is 12.0 Å². The fourth-order valence-corrected chi connectivity index (χ4v) is 2.44. The molecule has 0 amide bonds. The second-order valence-electron chi connectivity index (χ2n) is 4.59. The zero-order valence-electron chi connectivity index (χ0n) is 10.6. The second-order valence-corrected chi connectivity index (χ2v) is 4.98. The number of nitrogens with zero attached hydrogens (tertiary/aromatic N) is 5. The maximum atomic E-state index is 12.8. The Kier molecular flexibility index (Phi) is 3.16. The Morgan fingerprint density at radius 2 is 1.95 bits per heavy atom. The maximum absolute atomic E-state index is 12.8. The highest BCUT2D eigenvalue weighted by Crippen LogP contribution is 2.30. The van der Waals surface area contributed by atoms with Crippen LogP contribution >= 0.6 is 11.6 Å². The van der Waals surface area contributed by atoms with Crippen LogP contribution in [0.3, 0.4) is 0 Å². The van der Waals surface area contributed by atoms with Crippen LogP contribution in [0.5, 0.6) is 0 Å². The van der Waals surface area contributed by atoms with Crippen molar-refractivity contribution in [3.8, 4) is 0 Å². The van der Waals surface area contributed by atoms with Crippen molar-refractivity contribution in [3.63, 3.8) is 0 Å². The topological polar surface area (TPSA) is 72.9 Å². The number of pyridine rings is 1. The van der Waals surface area contributed by atoms with Crippen LogP contribution in [-0.4, -0.2) is 26.3 Å². The lowest BCUT2D eigenvalue weighted by Gasteiger charge is -2.29. The van der Waals surface area contributed by atoms with Gasteiger partial charge in [-0.1, -0.05) is 11.6 Å². The van der Waals surface area contributed by atoms with Gasteiger partial charge < -0.3 is 15.2 Å². The molecule has 0 saturated heterocycles. The van der Waals surface area contributed by atoms with E-state index in [0.717, 1.165) is 4.57 Å². The van der Waals surface area contributed by atoms with E-state index in [1.54, 1.807) is 11.0 Å². The lowest BCUT2D eigenvalue weighted by Crippen LogP contribution is -2.35. The van der Waals surface area contributed by atoms with Crippen molar-refractivity contribution in [2.45, 2.75) is 19.3 Å². The quantitative estimate of drug-likeness (QED) is 0.814. The molecule has 10 heteroatoms. The summed E-state index contributed by atoms with van der Waals surface area (Å²) in [6.07, 6.45) is -4.51. The van der Waals surface area contributed by atoms with E-state index in [0.29, 0.717) is 18.1 Å². The first kappa shape index (κ1) is 13.9. The lowest BCUT2D eigenvalue weighted by atomic mass is 10.3. The second kappa shape index (κ2) is 4.76. The Balaban J connectivity index is 1.90. The highest BCUT2D eigenvalue weighted by molar-refractivity contribution is 6.29. The molecule has 0 unspecified atom stereocenters. The van der Waals surface area contributed by atoms with Crippen LogP contribution in [0.1, 0.15) is 11.6 Å². The van der Waals surface area contributed by atoms with Crippen molar-refractivity contribution in [3.05, 3.63) is 28.9 Å². The van der Waals surface area contributed by atoms with Crippen LogP contribution in [0, 0.1) is 0 Å². The fraction of sp³-hybridized carbons (Fsp3) is 0.364. The SMILES string of the molecule is Nc1cc(Cl)nc(N2CCn3c(nnc3C(F)(F)F)C2)c1. The standard InChI is InChI=1S/C11H10ClF3N6/c12-7-3-6(16)4-8(17-7)20-1-2-21-9(5-20)18-19-10(21)11(13,14)15/h3-4H,1-2,5H2,(H2,16,17). The molecule has 1 aliphatic rings. The first-order valence-electron chi connectivity index (χ1n) is 6.02. The molecule has 0 radical (unpaired) electrons. The number of hydrogen-bond donors (Lipinski definition) is 1. The number of halogens is 4. The van der Waals surface area contributed by atoms with E-state index in [-0.39, 0.29) is 24.1 Å². The molecule has 112 valence electrons. The molecule has 0 saturated carbocycles. The molecule has 3 heterocycles. The summed E-state index contributed by atoms with van der Waals surface area (Å²) in [6, 6.07) is 3.11. The van der Waals surface area contributed by atoms with Gasteiger partial charge in [-0.15, -0.1) is 10.2 Å². The Hall–Kier alpha value is -2.03. The number of anilines is 2. The summed E-state index contributed by atoms with van der Waals surface area (Å²) in [6.45, 7) is 0.613. The van der Waals surface area contributed by atoms with Gasteiger partial charge in [-0.25, -0.2) is 4.98 Å². The fourth-order valence-electron chi connectivity index (χ4n) is 2.23. The van der Waals surface area contributed by atoms with Crippen LogP contribution in [0.15, 0.2) is 12.1 Å². The molecule has 0 aromatic carbocycles. The maximum Gasteiger partial charge on any atom is 0.451 e. The van der Waals surface area contributed by atoms with E-state index >= 15 is 0 Å². The van der Waals surface area contributed by atoms with Crippen molar-refractivity contribution in [1.82, 2.24) is 19.7 Å². The van der Waals surface area contributed by atoms with E-state index in [9.17, 15) is 13.2 Å². The van der Waals surface area contributed by atoms with Gasteiger partial charge in [0.25, 0.3) is 0 Å². The van der Waals surface area contributed by atoms with Crippen molar-refractivity contribution in [2.75, 3.05) is 17.2 Å². The highest BCUT2D eigenvalue weighted by atomic mass is 35.5. The van der Waals surface area contributed by atoms with Gasteiger partial charge in [-0.05, 0) is 6.07 Å². The zero-order chi connectivity index (χ0) is 15.2. The Bertz CT molecular complexity index is 663. The molecular formula is C11H10ClF3N6. The van der Waals surface area contributed by atoms with Gasteiger partial charge in [0.1, 0.15) is 11.0 Å². The van der Waals surface area contributed by atoms with Gasteiger partial charge in [0, 0.05) is 24.8 Å². The van der Waals surface area contributed by atoms with E-state index in [1.165, 1.54) is 6.07 Å². The minimum atomic E-state index is -4.51. The first-order chi connectivity index (χ1) is 9.84. The van der Waals surface area contributed by atoms with Gasteiger partial charge in [0.05, 0.1) is 6.54 Å². The minimum Gasteiger partial charge on any atom is -0.399 e. The molecule has 0 aliphatic carbocycles. The smallest absolute Gasteiger partial charge is 0.399 e. The minimum absolute atomic E-state index is 0.116. The molecular weight excluding hydrogens is 309 g/mol. The molecule has 6 nitrogen and oxygen atoms in total. The third kappa shape index (κ3) is 2.60. The third-order valence-electron chi connectivity index (χ3n) is 3.13. The van der Waals surface area contributed by atoms with Gasteiger partial charge in [-0.2, -0.15) is 13.2 Å². The Labute approximate surface area is 122 Å². The van der Waals surface area contributed by atoms with Crippen LogP contribution in [-0.2, 0) is 19.3 Å². The molecule has 1 aliphatic heterocycles.